The molecule has 6 nitrogen and oxygen atoms in total. The summed E-state index contributed by atoms with van der Waals surface area (Å²) in [4.78, 5) is 20.6. The second kappa shape index (κ2) is 14.7. The maximum absolute atomic E-state index is 5.42. The van der Waals surface area contributed by atoms with Crippen LogP contribution in [0.3, 0.4) is 0 Å². The van der Waals surface area contributed by atoms with Crippen molar-refractivity contribution in [1.82, 2.24) is 29.1 Å². The molecule has 4 heterocycles. The van der Waals surface area contributed by atoms with Crippen LogP contribution in [0.4, 0.5) is 0 Å². The molecule has 4 aromatic heterocycles. The summed E-state index contributed by atoms with van der Waals surface area (Å²) >= 11 is 0. The first kappa shape index (κ1) is 35.5. The Balaban J connectivity index is 1.11. The Kier molecular flexibility index (Phi) is 8.38. The maximum Gasteiger partial charge on any atom is 0.164 e. The molecule has 6 heteroatoms. The van der Waals surface area contributed by atoms with Crippen LogP contribution >= 0.6 is 0 Å². The van der Waals surface area contributed by atoms with E-state index in [4.69, 9.17) is 19.9 Å². The van der Waals surface area contributed by atoms with Gasteiger partial charge in [-0.3, -0.25) is 4.57 Å². The molecule has 0 bridgehead atoms. The number of hydrogen-bond acceptors (Lipinski definition) is 4. The minimum absolute atomic E-state index is 0.612. The Labute approximate surface area is 357 Å². The predicted molar refractivity (Wildman–Crippen MR) is 253 cm³/mol. The number of hydrogen-bond donors (Lipinski definition) is 0. The average molecular weight is 793 g/mol. The topological polar surface area (TPSA) is 61.4 Å². The van der Waals surface area contributed by atoms with Crippen LogP contribution in [0.2, 0.25) is 0 Å². The zero-order valence-corrected chi connectivity index (χ0v) is 33.5. The number of aromatic nitrogens is 6. The molecule has 0 atom stereocenters. The van der Waals surface area contributed by atoms with E-state index in [2.05, 4.69) is 161 Å². The quantitative estimate of drug-likeness (QED) is 0.161. The summed E-state index contributed by atoms with van der Waals surface area (Å²) in [6.45, 7) is 0. The van der Waals surface area contributed by atoms with E-state index in [1.165, 1.54) is 10.8 Å². The van der Waals surface area contributed by atoms with Crippen molar-refractivity contribution < 1.29 is 0 Å². The Morgan fingerprint density at radius 3 is 1.45 bits per heavy atom. The molecule has 0 spiro atoms. The third-order valence-corrected chi connectivity index (χ3v) is 11.7. The van der Waals surface area contributed by atoms with Gasteiger partial charge in [0.2, 0.25) is 0 Å². The monoisotopic (exact) mass is 792 g/mol. The first-order valence-corrected chi connectivity index (χ1v) is 20.8. The van der Waals surface area contributed by atoms with Crippen LogP contribution in [0.5, 0.6) is 0 Å². The molecule has 0 amide bonds. The van der Waals surface area contributed by atoms with E-state index >= 15 is 0 Å². The summed E-state index contributed by atoms with van der Waals surface area (Å²) in [6.07, 6.45) is 0. The fourth-order valence-corrected chi connectivity index (χ4v) is 8.93. The summed E-state index contributed by atoms with van der Waals surface area (Å²) in [7, 11) is 0. The van der Waals surface area contributed by atoms with E-state index in [0.717, 1.165) is 83.4 Å². The van der Waals surface area contributed by atoms with Crippen LogP contribution in [0, 0.1) is 0 Å². The lowest BCUT2D eigenvalue weighted by Gasteiger charge is -2.13. The van der Waals surface area contributed by atoms with Crippen molar-refractivity contribution in [1.29, 1.82) is 0 Å². The van der Waals surface area contributed by atoms with Gasteiger partial charge in [-0.1, -0.05) is 176 Å². The fraction of sp³-hybridized carbons (Fsp3) is 0. The van der Waals surface area contributed by atoms with Gasteiger partial charge in [0, 0.05) is 49.5 Å². The first-order valence-electron chi connectivity index (χ1n) is 20.8. The van der Waals surface area contributed by atoms with Crippen molar-refractivity contribution in [3.8, 4) is 68.1 Å². The minimum Gasteiger partial charge on any atom is -0.309 e. The van der Waals surface area contributed by atoms with Gasteiger partial charge in [0.25, 0.3) is 0 Å². The van der Waals surface area contributed by atoms with Gasteiger partial charge >= 0.3 is 0 Å². The molecule has 8 aromatic carbocycles. The molecule has 0 saturated heterocycles. The zero-order chi connectivity index (χ0) is 41.0. The number of para-hydroxylation sites is 2. The molecular weight excluding hydrogens is 757 g/mol. The van der Waals surface area contributed by atoms with Crippen molar-refractivity contribution in [2.45, 2.75) is 0 Å². The normalized spacial score (nSPS) is 11.5. The lowest BCUT2D eigenvalue weighted by Crippen LogP contribution is -2.01. The Hall–Kier alpha value is -8.48. The number of pyridine rings is 1. The van der Waals surface area contributed by atoms with Crippen LogP contribution in [0.1, 0.15) is 0 Å². The molecule has 12 aromatic rings. The Morgan fingerprint density at radius 2 is 0.806 bits per heavy atom. The highest BCUT2D eigenvalue weighted by atomic mass is 15.1. The molecule has 0 aliphatic heterocycles. The SMILES string of the molecule is c1ccc(-c2cc(-c3ccccc3)nc(-n3c4ccccc4c4c3ccc3c5ccccc5n(-c5cccc(-c6nc(-c7ccccc7)nc(-c7ccccc7)n6)c5)c34)c2)cc1. The standard InChI is InChI=1S/C56H36N6/c1-5-18-37(19-6-1)42-35-47(38-20-7-2-8-21-38)57-51(36-42)62-49-31-16-14-29-46(49)52-50(62)33-32-45-44-28-13-15-30-48(44)61(53(45)52)43-27-17-26-41(34-43)56-59-54(39-22-9-3-10-23-39)58-55(60-56)40-24-11-4-12-25-40/h1-36H. The van der Waals surface area contributed by atoms with Gasteiger partial charge in [0.1, 0.15) is 5.82 Å². The molecule has 0 N–H and O–H groups in total. The molecule has 0 fully saturated rings. The van der Waals surface area contributed by atoms with Gasteiger partial charge in [-0.2, -0.15) is 0 Å². The van der Waals surface area contributed by atoms with Gasteiger partial charge in [-0.15, -0.1) is 0 Å². The molecule has 0 aliphatic carbocycles. The van der Waals surface area contributed by atoms with Crippen molar-refractivity contribution in [3.63, 3.8) is 0 Å². The number of benzene rings is 8. The van der Waals surface area contributed by atoms with Crippen molar-refractivity contribution in [2.24, 2.45) is 0 Å². The average Bonchev–Trinajstić information content (AvgIpc) is 3.88. The molecule has 0 aliphatic rings. The van der Waals surface area contributed by atoms with Gasteiger partial charge < -0.3 is 4.57 Å². The largest absolute Gasteiger partial charge is 0.309 e. The van der Waals surface area contributed by atoms with Gasteiger partial charge in [0.15, 0.2) is 17.5 Å². The smallest absolute Gasteiger partial charge is 0.164 e. The maximum atomic E-state index is 5.42. The minimum atomic E-state index is 0.612. The summed E-state index contributed by atoms with van der Waals surface area (Å²) < 4.78 is 4.75. The van der Waals surface area contributed by atoms with E-state index in [9.17, 15) is 0 Å². The molecule has 62 heavy (non-hydrogen) atoms. The first-order chi connectivity index (χ1) is 30.7. The molecule has 0 saturated carbocycles. The Morgan fingerprint density at radius 1 is 0.290 bits per heavy atom. The van der Waals surface area contributed by atoms with Gasteiger partial charge in [0.05, 0.1) is 27.8 Å². The molecule has 290 valence electrons. The lowest BCUT2D eigenvalue weighted by molar-refractivity contribution is 1.07. The number of rotatable bonds is 7. The van der Waals surface area contributed by atoms with Crippen LogP contribution in [0.15, 0.2) is 218 Å². The predicted octanol–water partition coefficient (Wildman–Crippen LogP) is 13.8. The second-order valence-electron chi connectivity index (χ2n) is 15.5. The van der Waals surface area contributed by atoms with E-state index in [1.54, 1.807) is 0 Å². The van der Waals surface area contributed by atoms with Crippen LogP contribution in [-0.4, -0.2) is 29.1 Å². The van der Waals surface area contributed by atoms with Crippen LogP contribution in [-0.2, 0) is 0 Å². The molecule has 0 radical (unpaired) electrons. The van der Waals surface area contributed by atoms with E-state index in [1.807, 2.05) is 66.7 Å². The summed E-state index contributed by atoms with van der Waals surface area (Å²) in [5.74, 6) is 2.73. The highest BCUT2D eigenvalue weighted by molar-refractivity contribution is 6.26. The Bertz CT molecular complexity index is 3500. The summed E-state index contributed by atoms with van der Waals surface area (Å²) in [6, 6.07) is 76.2. The lowest BCUT2D eigenvalue weighted by atomic mass is 10.0. The van der Waals surface area contributed by atoms with Gasteiger partial charge in [-0.05, 0) is 53.6 Å². The van der Waals surface area contributed by atoms with E-state index < -0.39 is 0 Å². The van der Waals surface area contributed by atoms with E-state index in [-0.39, 0.29) is 0 Å². The second-order valence-corrected chi connectivity index (χ2v) is 15.5. The molecule has 0 unspecified atom stereocenters. The highest BCUT2D eigenvalue weighted by Crippen LogP contribution is 2.43. The third-order valence-electron chi connectivity index (χ3n) is 11.7. The zero-order valence-electron chi connectivity index (χ0n) is 33.5. The van der Waals surface area contributed by atoms with Gasteiger partial charge in [-0.25, -0.2) is 19.9 Å². The van der Waals surface area contributed by atoms with E-state index in [0.29, 0.717) is 17.5 Å². The summed E-state index contributed by atoms with van der Waals surface area (Å²) in [5.41, 5.74) is 12.4. The number of nitrogens with zero attached hydrogens (tertiary/aromatic N) is 6. The highest BCUT2D eigenvalue weighted by Gasteiger charge is 2.22. The third kappa shape index (κ3) is 5.96. The van der Waals surface area contributed by atoms with Crippen molar-refractivity contribution >= 4 is 43.6 Å². The van der Waals surface area contributed by atoms with Crippen molar-refractivity contribution in [2.75, 3.05) is 0 Å². The van der Waals surface area contributed by atoms with Crippen LogP contribution < -0.4 is 0 Å². The number of fused-ring (bicyclic) bond motifs is 7. The summed E-state index contributed by atoms with van der Waals surface area (Å²) in [5, 5.41) is 4.67. The van der Waals surface area contributed by atoms with Crippen molar-refractivity contribution in [3.05, 3.63) is 218 Å². The fourth-order valence-electron chi connectivity index (χ4n) is 8.93. The van der Waals surface area contributed by atoms with Crippen LogP contribution in [0.25, 0.3) is 112 Å². The molecule has 12 rings (SSSR count). The molecular formula is C56H36N6.